The van der Waals surface area contributed by atoms with Crippen LogP contribution >= 0.6 is 11.6 Å². The normalized spacial score (nSPS) is 17.1. The third-order valence-corrected chi connectivity index (χ3v) is 4.04. The Morgan fingerprint density at radius 2 is 2.22 bits per heavy atom. The maximum atomic E-state index is 6.15. The van der Waals surface area contributed by atoms with Crippen LogP contribution in [0.3, 0.4) is 0 Å². The molecule has 0 amide bonds. The Hall–Kier alpha value is -0.930. The molecule has 4 heteroatoms. The number of nitrogens with one attached hydrogen (secondary N) is 1. The molecule has 0 aliphatic heterocycles. The molecular weight excluding hydrogens is 248 g/mol. The molecule has 2 rings (SSSR count). The van der Waals surface area contributed by atoms with E-state index in [4.69, 9.17) is 22.1 Å². The maximum Gasteiger partial charge on any atom is 0.138 e. The number of ether oxygens (including phenoxy) is 1. The minimum Gasteiger partial charge on any atom is -0.492 e. The summed E-state index contributed by atoms with van der Waals surface area (Å²) < 4.78 is 5.41. The van der Waals surface area contributed by atoms with Crippen molar-refractivity contribution < 1.29 is 4.74 Å². The Morgan fingerprint density at radius 1 is 1.44 bits per heavy atom. The van der Waals surface area contributed by atoms with E-state index in [9.17, 15) is 0 Å². The molecule has 3 N–H and O–H groups in total. The molecule has 0 saturated heterocycles. The molecule has 0 heterocycles. The van der Waals surface area contributed by atoms with E-state index in [0.717, 1.165) is 24.5 Å². The Morgan fingerprint density at radius 3 is 2.72 bits per heavy atom. The van der Waals surface area contributed by atoms with Crippen LogP contribution in [-0.2, 0) is 0 Å². The SMILES string of the molecule is CCOc1ccc(NCC2(CN)CCC2)cc1Cl. The van der Waals surface area contributed by atoms with Gasteiger partial charge in [-0.2, -0.15) is 0 Å². The number of hydrogen-bond donors (Lipinski definition) is 2. The van der Waals surface area contributed by atoms with Gasteiger partial charge >= 0.3 is 0 Å². The van der Waals surface area contributed by atoms with Crippen molar-refractivity contribution >= 4 is 17.3 Å². The van der Waals surface area contributed by atoms with Crippen molar-refractivity contribution in [2.45, 2.75) is 26.2 Å². The zero-order valence-electron chi connectivity index (χ0n) is 10.8. The summed E-state index contributed by atoms with van der Waals surface area (Å²) in [6.07, 6.45) is 3.74. The minimum absolute atomic E-state index is 0.297. The Kier molecular flexibility index (Phi) is 4.36. The Balaban J connectivity index is 1.95. The third-order valence-electron chi connectivity index (χ3n) is 3.75. The first kappa shape index (κ1) is 13.5. The van der Waals surface area contributed by atoms with Crippen LogP contribution in [0.25, 0.3) is 0 Å². The van der Waals surface area contributed by atoms with E-state index in [1.807, 2.05) is 25.1 Å². The minimum atomic E-state index is 0.297. The molecule has 100 valence electrons. The van der Waals surface area contributed by atoms with E-state index >= 15 is 0 Å². The van der Waals surface area contributed by atoms with Crippen LogP contribution in [0.4, 0.5) is 5.69 Å². The number of benzene rings is 1. The fourth-order valence-corrected chi connectivity index (χ4v) is 2.54. The van der Waals surface area contributed by atoms with E-state index in [2.05, 4.69) is 5.32 Å². The monoisotopic (exact) mass is 268 g/mol. The van der Waals surface area contributed by atoms with Gasteiger partial charge in [-0.15, -0.1) is 0 Å². The molecule has 0 atom stereocenters. The molecule has 1 saturated carbocycles. The molecule has 1 fully saturated rings. The van der Waals surface area contributed by atoms with Crippen molar-refractivity contribution in [1.29, 1.82) is 0 Å². The van der Waals surface area contributed by atoms with Gasteiger partial charge in [-0.25, -0.2) is 0 Å². The van der Waals surface area contributed by atoms with Crippen molar-refractivity contribution in [1.82, 2.24) is 0 Å². The number of rotatable bonds is 6. The van der Waals surface area contributed by atoms with Crippen LogP contribution < -0.4 is 15.8 Å². The van der Waals surface area contributed by atoms with Crippen LogP contribution in [0.2, 0.25) is 5.02 Å². The van der Waals surface area contributed by atoms with Gasteiger partial charge in [0, 0.05) is 12.2 Å². The predicted molar refractivity (Wildman–Crippen MR) is 76.4 cm³/mol. The van der Waals surface area contributed by atoms with Crippen molar-refractivity contribution in [2.24, 2.45) is 11.1 Å². The summed E-state index contributed by atoms with van der Waals surface area (Å²) >= 11 is 6.15. The van der Waals surface area contributed by atoms with E-state index in [1.165, 1.54) is 19.3 Å². The van der Waals surface area contributed by atoms with Crippen molar-refractivity contribution in [2.75, 3.05) is 25.0 Å². The summed E-state index contributed by atoms with van der Waals surface area (Å²) in [7, 11) is 0. The van der Waals surface area contributed by atoms with Gasteiger partial charge in [0.05, 0.1) is 11.6 Å². The van der Waals surface area contributed by atoms with Gasteiger partial charge in [0.25, 0.3) is 0 Å². The summed E-state index contributed by atoms with van der Waals surface area (Å²) in [6.45, 7) is 4.26. The quantitative estimate of drug-likeness (QED) is 0.832. The summed E-state index contributed by atoms with van der Waals surface area (Å²) in [5, 5.41) is 4.08. The molecule has 0 aromatic heterocycles. The van der Waals surface area contributed by atoms with Gasteiger partial charge in [-0.3, -0.25) is 0 Å². The van der Waals surface area contributed by atoms with Crippen LogP contribution in [0.5, 0.6) is 5.75 Å². The highest BCUT2D eigenvalue weighted by Crippen LogP contribution is 2.40. The first-order valence-electron chi connectivity index (χ1n) is 6.55. The van der Waals surface area contributed by atoms with Crippen molar-refractivity contribution in [3.8, 4) is 5.75 Å². The lowest BCUT2D eigenvalue weighted by Crippen LogP contribution is -2.42. The van der Waals surface area contributed by atoms with E-state index in [1.54, 1.807) is 0 Å². The Labute approximate surface area is 114 Å². The summed E-state index contributed by atoms with van der Waals surface area (Å²) in [5.74, 6) is 0.738. The van der Waals surface area contributed by atoms with Gasteiger partial charge in [-0.1, -0.05) is 18.0 Å². The highest BCUT2D eigenvalue weighted by Gasteiger charge is 2.35. The van der Waals surface area contributed by atoms with Gasteiger partial charge in [0.15, 0.2) is 0 Å². The Bertz CT molecular complexity index is 399. The molecule has 0 unspecified atom stereocenters. The van der Waals surface area contributed by atoms with Crippen molar-refractivity contribution in [3.05, 3.63) is 23.2 Å². The second-order valence-electron chi connectivity index (χ2n) is 4.99. The molecule has 0 spiro atoms. The zero-order chi connectivity index (χ0) is 13.0. The first-order chi connectivity index (χ1) is 8.69. The summed E-state index contributed by atoms with van der Waals surface area (Å²) in [4.78, 5) is 0. The van der Waals surface area contributed by atoms with Crippen LogP contribution in [0.1, 0.15) is 26.2 Å². The van der Waals surface area contributed by atoms with Crippen LogP contribution in [0.15, 0.2) is 18.2 Å². The topological polar surface area (TPSA) is 47.3 Å². The van der Waals surface area contributed by atoms with Gasteiger partial charge in [-0.05, 0) is 49.9 Å². The molecule has 1 aliphatic rings. The number of anilines is 1. The molecule has 18 heavy (non-hydrogen) atoms. The molecule has 1 aliphatic carbocycles. The standard InChI is InChI=1S/C14H21ClN2O/c1-2-18-13-5-4-11(8-12(13)15)17-10-14(9-16)6-3-7-14/h4-5,8,17H,2-3,6-7,9-10,16H2,1H3. The maximum absolute atomic E-state index is 6.15. The highest BCUT2D eigenvalue weighted by molar-refractivity contribution is 6.32. The summed E-state index contributed by atoms with van der Waals surface area (Å²) in [6, 6.07) is 5.82. The lowest BCUT2D eigenvalue weighted by Gasteiger charge is -2.41. The molecule has 1 aromatic carbocycles. The second-order valence-corrected chi connectivity index (χ2v) is 5.40. The molecular formula is C14H21ClN2O. The van der Waals surface area contributed by atoms with E-state index < -0.39 is 0 Å². The zero-order valence-corrected chi connectivity index (χ0v) is 11.6. The average Bonchev–Trinajstić information content (AvgIpc) is 2.32. The van der Waals surface area contributed by atoms with Gasteiger partial charge < -0.3 is 15.8 Å². The van der Waals surface area contributed by atoms with Crippen molar-refractivity contribution in [3.63, 3.8) is 0 Å². The van der Waals surface area contributed by atoms with E-state index in [-0.39, 0.29) is 0 Å². The lowest BCUT2D eigenvalue weighted by atomic mass is 9.69. The fourth-order valence-electron chi connectivity index (χ4n) is 2.30. The second kappa shape index (κ2) is 5.81. The summed E-state index contributed by atoms with van der Waals surface area (Å²) in [5.41, 5.74) is 7.17. The predicted octanol–water partition coefficient (Wildman–Crippen LogP) is 3.28. The fraction of sp³-hybridized carbons (Fsp3) is 0.571. The third kappa shape index (κ3) is 2.90. The van der Waals surface area contributed by atoms with E-state index in [0.29, 0.717) is 17.0 Å². The van der Waals surface area contributed by atoms with Gasteiger partial charge in [0.1, 0.15) is 5.75 Å². The largest absolute Gasteiger partial charge is 0.492 e. The first-order valence-corrected chi connectivity index (χ1v) is 6.93. The van der Waals surface area contributed by atoms with Gasteiger partial charge in [0.2, 0.25) is 0 Å². The number of halogens is 1. The number of hydrogen-bond acceptors (Lipinski definition) is 3. The molecule has 3 nitrogen and oxygen atoms in total. The van der Waals surface area contributed by atoms with Crippen LogP contribution in [-0.4, -0.2) is 19.7 Å². The number of nitrogens with two attached hydrogens (primary N) is 1. The molecule has 0 bridgehead atoms. The average molecular weight is 269 g/mol. The molecule has 1 aromatic rings. The lowest BCUT2D eigenvalue weighted by molar-refractivity contribution is 0.163. The van der Waals surface area contributed by atoms with Crippen LogP contribution in [0, 0.1) is 5.41 Å². The molecule has 0 radical (unpaired) electrons. The highest BCUT2D eigenvalue weighted by atomic mass is 35.5. The smallest absolute Gasteiger partial charge is 0.138 e.